The van der Waals surface area contributed by atoms with Crippen molar-refractivity contribution in [2.24, 2.45) is 0 Å². The highest BCUT2D eigenvalue weighted by Gasteiger charge is 2.10. The number of rotatable bonds is 6. The zero-order valence-corrected chi connectivity index (χ0v) is 12.4. The Kier molecular flexibility index (Phi) is 6.09. The SMILES string of the molecule is CC[NH+](CC[NH+](C)C)Cc1ccc(F)c(Br)c1. The molecule has 0 aliphatic heterocycles. The van der Waals surface area contributed by atoms with Gasteiger partial charge in [-0.1, -0.05) is 6.07 Å². The molecule has 1 atom stereocenters. The van der Waals surface area contributed by atoms with Crippen LogP contribution in [0.4, 0.5) is 4.39 Å². The summed E-state index contributed by atoms with van der Waals surface area (Å²) in [4.78, 5) is 3.00. The number of hydrogen-bond donors (Lipinski definition) is 2. The Morgan fingerprint density at radius 2 is 1.94 bits per heavy atom. The van der Waals surface area contributed by atoms with E-state index in [-0.39, 0.29) is 5.82 Å². The van der Waals surface area contributed by atoms with Crippen molar-refractivity contribution in [2.45, 2.75) is 13.5 Å². The third-order valence-electron chi connectivity index (χ3n) is 2.92. The average molecular weight is 305 g/mol. The van der Waals surface area contributed by atoms with Crippen LogP contribution in [0, 0.1) is 5.82 Å². The first-order valence-corrected chi connectivity index (χ1v) is 6.88. The molecule has 0 radical (unpaired) electrons. The Labute approximate surface area is 112 Å². The first-order chi connectivity index (χ1) is 8.02. The topological polar surface area (TPSA) is 8.88 Å². The average Bonchev–Trinajstić information content (AvgIpc) is 2.28. The van der Waals surface area contributed by atoms with Crippen LogP contribution in [0.1, 0.15) is 12.5 Å². The van der Waals surface area contributed by atoms with E-state index >= 15 is 0 Å². The van der Waals surface area contributed by atoms with Crippen LogP contribution in [-0.2, 0) is 6.54 Å². The van der Waals surface area contributed by atoms with E-state index in [0.717, 1.165) is 26.2 Å². The summed E-state index contributed by atoms with van der Waals surface area (Å²) in [5.74, 6) is -0.190. The van der Waals surface area contributed by atoms with Crippen molar-refractivity contribution in [3.63, 3.8) is 0 Å². The molecule has 0 saturated carbocycles. The largest absolute Gasteiger partial charge is 0.335 e. The Hall–Kier alpha value is -0.450. The monoisotopic (exact) mass is 304 g/mol. The fraction of sp³-hybridized carbons (Fsp3) is 0.538. The van der Waals surface area contributed by atoms with Crippen molar-refractivity contribution in [3.05, 3.63) is 34.1 Å². The van der Waals surface area contributed by atoms with E-state index in [1.807, 2.05) is 12.1 Å². The Morgan fingerprint density at radius 3 is 2.47 bits per heavy atom. The Morgan fingerprint density at radius 1 is 1.24 bits per heavy atom. The molecule has 4 heteroatoms. The van der Waals surface area contributed by atoms with Gasteiger partial charge in [-0.15, -0.1) is 0 Å². The van der Waals surface area contributed by atoms with Gasteiger partial charge in [-0.25, -0.2) is 4.39 Å². The van der Waals surface area contributed by atoms with E-state index in [1.165, 1.54) is 21.4 Å². The van der Waals surface area contributed by atoms with Crippen LogP contribution in [0.3, 0.4) is 0 Å². The summed E-state index contributed by atoms with van der Waals surface area (Å²) in [6.07, 6.45) is 0. The van der Waals surface area contributed by atoms with Crippen molar-refractivity contribution in [3.8, 4) is 0 Å². The van der Waals surface area contributed by atoms with Crippen molar-refractivity contribution >= 4 is 15.9 Å². The molecule has 96 valence electrons. The Bertz CT molecular complexity index is 355. The first kappa shape index (κ1) is 14.6. The molecule has 2 N–H and O–H groups in total. The lowest BCUT2D eigenvalue weighted by Crippen LogP contribution is -3.17. The lowest BCUT2D eigenvalue weighted by atomic mass is 10.2. The highest BCUT2D eigenvalue weighted by molar-refractivity contribution is 9.10. The van der Waals surface area contributed by atoms with E-state index in [2.05, 4.69) is 36.9 Å². The van der Waals surface area contributed by atoms with Gasteiger partial charge in [-0.05, 0) is 35.0 Å². The van der Waals surface area contributed by atoms with E-state index in [4.69, 9.17) is 0 Å². The smallest absolute Gasteiger partial charge is 0.137 e. The standard InChI is InChI=1S/C13H20BrFN2/c1-4-17(8-7-16(2)3)10-11-5-6-13(15)12(14)9-11/h5-6,9H,4,7-8,10H2,1-3H3/p+2. The van der Waals surface area contributed by atoms with Crippen LogP contribution in [0.15, 0.2) is 22.7 Å². The van der Waals surface area contributed by atoms with Crippen LogP contribution >= 0.6 is 15.9 Å². The molecule has 0 aliphatic rings. The van der Waals surface area contributed by atoms with Crippen molar-refractivity contribution in [1.82, 2.24) is 0 Å². The third kappa shape index (κ3) is 5.15. The van der Waals surface area contributed by atoms with Crippen LogP contribution in [-0.4, -0.2) is 33.7 Å². The van der Waals surface area contributed by atoms with Crippen LogP contribution in [0.2, 0.25) is 0 Å². The van der Waals surface area contributed by atoms with Gasteiger partial charge in [-0.3, -0.25) is 0 Å². The van der Waals surface area contributed by atoms with Crippen LogP contribution in [0.5, 0.6) is 0 Å². The quantitative estimate of drug-likeness (QED) is 0.740. The van der Waals surface area contributed by atoms with Gasteiger partial charge in [0.2, 0.25) is 0 Å². The number of hydrogen-bond acceptors (Lipinski definition) is 0. The van der Waals surface area contributed by atoms with E-state index in [1.54, 1.807) is 0 Å². The molecule has 0 amide bonds. The molecule has 0 aromatic heterocycles. The summed E-state index contributed by atoms with van der Waals surface area (Å²) in [7, 11) is 4.34. The molecule has 17 heavy (non-hydrogen) atoms. The van der Waals surface area contributed by atoms with Crippen molar-refractivity contribution < 1.29 is 14.2 Å². The predicted octanol–water partition coefficient (Wildman–Crippen LogP) is 0.138. The second kappa shape index (κ2) is 7.09. The molecular formula is C13H22BrFN2+2. The minimum atomic E-state index is -0.190. The maximum atomic E-state index is 13.1. The van der Waals surface area contributed by atoms with E-state index < -0.39 is 0 Å². The molecule has 1 rings (SSSR count). The fourth-order valence-electron chi connectivity index (χ4n) is 1.76. The number of nitrogens with one attached hydrogen (secondary N) is 2. The molecule has 1 aromatic carbocycles. The van der Waals surface area contributed by atoms with Gasteiger partial charge in [0.25, 0.3) is 0 Å². The van der Waals surface area contributed by atoms with Gasteiger partial charge in [0.1, 0.15) is 25.5 Å². The van der Waals surface area contributed by atoms with Gasteiger partial charge in [0, 0.05) is 5.56 Å². The summed E-state index contributed by atoms with van der Waals surface area (Å²) in [6.45, 7) is 6.56. The number of halogens is 2. The summed E-state index contributed by atoms with van der Waals surface area (Å²) in [5.41, 5.74) is 1.18. The van der Waals surface area contributed by atoms with E-state index in [0.29, 0.717) is 4.47 Å². The molecular weight excluding hydrogens is 283 g/mol. The normalized spacial score (nSPS) is 13.1. The van der Waals surface area contributed by atoms with Crippen molar-refractivity contribution in [2.75, 3.05) is 33.7 Å². The highest BCUT2D eigenvalue weighted by atomic mass is 79.9. The summed E-state index contributed by atoms with van der Waals surface area (Å²) < 4.78 is 13.7. The number of likely N-dealkylation sites (N-methyl/N-ethyl adjacent to an activating group) is 2. The van der Waals surface area contributed by atoms with Gasteiger partial charge in [0.05, 0.1) is 25.1 Å². The van der Waals surface area contributed by atoms with E-state index in [9.17, 15) is 4.39 Å². The molecule has 1 aromatic rings. The molecule has 0 heterocycles. The zero-order chi connectivity index (χ0) is 12.8. The summed E-state index contributed by atoms with van der Waals surface area (Å²) in [5, 5.41) is 0. The second-order valence-electron chi connectivity index (χ2n) is 4.74. The Balaban J connectivity index is 2.57. The minimum Gasteiger partial charge on any atom is -0.335 e. The lowest BCUT2D eigenvalue weighted by Gasteiger charge is -2.18. The maximum Gasteiger partial charge on any atom is 0.137 e. The van der Waals surface area contributed by atoms with Crippen LogP contribution < -0.4 is 9.80 Å². The zero-order valence-electron chi connectivity index (χ0n) is 10.8. The molecule has 1 unspecified atom stereocenters. The second-order valence-corrected chi connectivity index (χ2v) is 5.59. The molecule has 0 spiro atoms. The van der Waals surface area contributed by atoms with Gasteiger partial charge < -0.3 is 9.80 Å². The number of quaternary nitrogens is 2. The lowest BCUT2D eigenvalue weighted by molar-refractivity contribution is -0.949. The van der Waals surface area contributed by atoms with Gasteiger partial charge >= 0.3 is 0 Å². The first-order valence-electron chi connectivity index (χ1n) is 6.09. The minimum absolute atomic E-state index is 0.190. The number of benzene rings is 1. The van der Waals surface area contributed by atoms with Gasteiger partial charge in [-0.2, -0.15) is 0 Å². The highest BCUT2D eigenvalue weighted by Crippen LogP contribution is 2.16. The molecule has 0 aliphatic carbocycles. The molecule has 0 saturated heterocycles. The molecule has 2 nitrogen and oxygen atoms in total. The fourth-order valence-corrected chi connectivity index (χ4v) is 2.18. The predicted molar refractivity (Wildman–Crippen MR) is 71.9 cm³/mol. The van der Waals surface area contributed by atoms with Crippen LogP contribution in [0.25, 0.3) is 0 Å². The van der Waals surface area contributed by atoms with Crippen molar-refractivity contribution in [1.29, 1.82) is 0 Å². The third-order valence-corrected chi connectivity index (χ3v) is 3.52. The summed E-state index contributed by atoms with van der Waals surface area (Å²) in [6, 6.07) is 5.29. The maximum absolute atomic E-state index is 13.1. The van der Waals surface area contributed by atoms with Gasteiger partial charge in [0.15, 0.2) is 0 Å². The molecule has 0 fully saturated rings. The summed E-state index contributed by atoms with van der Waals surface area (Å²) >= 11 is 3.23. The molecule has 0 bridgehead atoms.